The molecule has 0 atom stereocenters. The molecule has 0 spiro atoms. The highest BCUT2D eigenvalue weighted by Gasteiger charge is 2.35. The van der Waals surface area contributed by atoms with Gasteiger partial charge in [0.25, 0.3) is 0 Å². The molecule has 1 saturated carbocycles. The third-order valence-electron chi connectivity index (χ3n) is 4.03. The lowest BCUT2D eigenvalue weighted by Gasteiger charge is -2.31. The van der Waals surface area contributed by atoms with Gasteiger partial charge in [-0.3, -0.25) is 0 Å². The SMILES string of the molecule is Cl.Nc1ncc(CNC2(c3ccc(F)cc3)CCCC2)s1. The average Bonchev–Trinajstić information content (AvgIpc) is 3.07. The topological polar surface area (TPSA) is 50.9 Å². The van der Waals surface area contributed by atoms with Gasteiger partial charge in [0.1, 0.15) is 5.82 Å². The number of halogens is 2. The Balaban J connectivity index is 0.00000161. The molecule has 1 heterocycles. The van der Waals surface area contributed by atoms with Crippen LogP contribution in [0.2, 0.25) is 0 Å². The average molecular weight is 328 g/mol. The van der Waals surface area contributed by atoms with Gasteiger partial charge in [-0.2, -0.15) is 0 Å². The van der Waals surface area contributed by atoms with E-state index in [0.29, 0.717) is 5.13 Å². The van der Waals surface area contributed by atoms with E-state index in [9.17, 15) is 4.39 Å². The van der Waals surface area contributed by atoms with Gasteiger partial charge >= 0.3 is 0 Å². The highest BCUT2D eigenvalue weighted by Crippen LogP contribution is 2.39. The Hall–Kier alpha value is -1.17. The summed E-state index contributed by atoms with van der Waals surface area (Å²) in [6.45, 7) is 0.756. The fraction of sp³-hybridized carbons (Fsp3) is 0.400. The number of benzene rings is 1. The van der Waals surface area contributed by atoms with Crippen LogP contribution in [0.3, 0.4) is 0 Å². The van der Waals surface area contributed by atoms with Crippen LogP contribution in [0.1, 0.15) is 36.1 Å². The van der Waals surface area contributed by atoms with Crippen molar-refractivity contribution in [3.63, 3.8) is 0 Å². The molecule has 3 rings (SSSR count). The summed E-state index contributed by atoms with van der Waals surface area (Å²) in [6.07, 6.45) is 6.41. The van der Waals surface area contributed by atoms with Crippen molar-refractivity contribution < 1.29 is 4.39 Å². The van der Waals surface area contributed by atoms with Crippen LogP contribution in [0.4, 0.5) is 9.52 Å². The molecule has 0 radical (unpaired) electrons. The highest BCUT2D eigenvalue weighted by atomic mass is 35.5. The van der Waals surface area contributed by atoms with Crippen LogP contribution in [0.25, 0.3) is 0 Å². The van der Waals surface area contributed by atoms with E-state index in [2.05, 4.69) is 10.3 Å². The van der Waals surface area contributed by atoms with Crippen LogP contribution in [0.15, 0.2) is 30.5 Å². The van der Waals surface area contributed by atoms with E-state index in [1.54, 1.807) is 12.1 Å². The predicted molar refractivity (Wildman–Crippen MR) is 87.2 cm³/mol. The second kappa shape index (κ2) is 6.73. The van der Waals surface area contributed by atoms with E-state index in [0.717, 1.165) is 24.3 Å². The van der Waals surface area contributed by atoms with Gasteiger partial charge in [-0.15, -0.1) is 23.7 Å². The summed E-state index contributed by atoms with van der Waals surface area (Å²) in [6, 6.07) is 6.88. The zero-order valence-electron chi connectivity index (χ0n) is 11.6. The molecule has 114 valence electrons. The number of nitrogens with one attached hydrogen (secondary N) is 1. The standard InChI is InChI=1S/C15H18FN3S.ClH/c16-12-5-3-11(4-6-12)15(7-1-2-8-15)19-10-13-9-18-14(17)20-13;/h3-6,9,19H,1-2,7-8,10H2,(H2,17,18);1H. The van der Waals surface area contributed by atoms with Crippen LogP contribution in [0.5, 0.6) is 0 Å². The first-order valence-electron chi connectivity index (χ1n) is 6.89. The Morgan fingerprint density at radius 1 is 1.24 bits per heavy atom. The summed E-state index contributed by atoms with van der Waals surface area (Å²) in [5.41, 5.74) is 6.80. The number of nitrogen functional groups attached to an aromatic ring is 1. The van der Waals surface area contributed by atoms with Gasteiger partial charge < -0.3 is 11.1 Å². The van der Waals surface area contributed by atoms with Gasteiger partial charge in [-0.1, -0.05) is 25.0 Å². The minimum Gasteiger partial charge on any atom is -0.375 e. The van der Waals surface area contributed by atoms with E-state index in [1.165, 1.54) is 29.7 Å². The number of thiazole rings is 1. The molecule has 0 saturated heterocycles. The molecule has 3 N–H and O–H groups in total. The lowest BCUT2D eigenvalue weighted by atomic mass is 9.88. The number of hydrogen-bond acceptors (Lipinski definition) is 4. The predicted octanol–water partition coefficient (Wildman–Crippen LogP) is 3.85. The van der Waals surface area contributed by atoms with Gasteiger partial charge in [-0.05, 0) is 30.5 Å². The number of hydrogen-bond donors (Lipinski definition) is 2. The molecule has 1 aromatic heterocycles. The van der Waals surface area contributed by atoms with Gasteiger partial charge in [0.15, 0.2) is 5.13 Å². The lowest BCUT2D eigenvalue weighted by molar-refractivity contribution is 0.339. The van der Waals surface area contributed by atoms with Crippen molar-refractivity contribution >= 4 is 28.9 Å². The maximum Gasteiger partial charge on any atom is 0.180 e. The van der Waals surface area contributed by atoms with Gasteiger partial charge in [0.05, 0.1) is 0 Å². The highest BCUT2D eigenvalue weighted by molar-refractivity contribution is 7.15. The van der Waals surface area contributed by atoms with E-state index in [4.69, 9.17) is 5.73 Å². The van der Waals surface area contributed by atoms with Crippen molar-refractivity contribution in [3.8, 4) is 0 Å². The molecule has 0 unspecified atom stereocenters. The number of rotatable bonds is 4. The molecule has 1 aliphatic rings. The van der Waals surface area contributed by atoms with Crippen LogP contribution in [-0.4, -0.2) is 4.98 Å². The van der Waals surface area contributed by atoms with Gasteiger partial charge in [0.2, 0.25) is 0 Å². The molecule has 1 aliphatic carbocycles. The molecule has 0 aliphatic heterocycles. The normalized spacial score (nSPS) is 16.6. The Labute approximate surface area is 134 Å². The van der Waals surface area contributed by atoms with Crippen LogP contribution in [-0.2, 0) is 12.1 Å². The van der Waals surface area contributed by atoms with Gasteiger partial charge in [-0.25, -0.2) is 9.37 Å². The number of aromatic nitrogens is 1. The molecular weight excluding hydrogens is 309 g/mol. The molecule has 3 nitrogen and oxygen atoms in total. The molecule has 21 heavy (non-hydrogen) atoms. The third kappa shape index (κ3) is 3.54. The summed E-state index contributed by atoms with van der Waals surface area (Å²) in [4.78, 5) is 5.21. The summed E-state index contributed by atoms with van der Waals surface area (Å²) in [5, 5.41) is 4.25. The molecule has 0 bridgehead atoms. The quantitative estimate of drug-likeness (QED) is 0.897. The minimum atomic E-state index is -0.183. The third-order valence-corrected chi connectivity index (χ3v) is 4.85. The lowest BCUT2D eigenvalue weighted by Crippen LogP contribution is -2.39. The second-order valence-electron chi connectivity index (χ2n) is 5.31. The van der Waals surface area contributed by atoms with E-state index < -0.39 is 0 Å². The van der Waals surface area contributed by atoms with Crippen LogP contribution >= 0.6 is 23.7 Å². The largest absolute Gasteiger partial charge is 0.375 e. The van der Waals surface area contributed by atoms with Crippen LogP contribution in [0, 0.1) is 5.82 Å². The Bertz CT molecular complexity index is 579. The second-order valence-corrected chi connectivity index (χ2v) is 6.46. The zero-order chi connectivity index (χ0) is 14.0. The van der Waals surface area contributed by atoms with Crippen molar-refractivity contribution in [1.82, 2.24) is 10.3 Å². The fourth-order valence-electron chi connectivity index (χ4n) is 2.98. The first-order valence-corrected chi connectivity index (χ1v) is 7.71. The van der Waals surface area contributed by atoms with Crippen molar-refractivity contribution in [1.29, 1.82) is 0 Å². The monoisotopic (exact) mass is 327 g/mol. The molecule has 1 fully saturated rings. The molecule has 0 amide bonds. The Morgan fingerprint density at radius 2 is 1.90 bits per heavy atom. The van der Waals surface area contributed by atoms with E-state index >= 15 is 0 Å². The van der Waals surface area contributed by atoms with E-state index in [-0.39, 0.29) is 23.8 Å². The van der Waals surface area contributed by atoms with Crippen molar-refractivity contribution in [2.24, 2.45) is 0 Å². The number of anilines is 1. The maximum atomic E-state index is 13.1. The fourth-order valence-corrected chi connectivity index (χ4v) is 3.60. The summed E-state index contributed by atoms with van der Waals surface area (Å²) in [7, 11) is 0. The minimum absolute atomic E-state index is 0. The van der Waals surface area contributed by atoms with Crippen molar-refractivity contribution in [3.05, 3.63) is 46.7 Å². The summed E-state index contributed by atoms with van der Waals surface area (Å²) >= 11 is 1.51. The number of nitrogens with zero attached hydrogens (tertiary/aromatic N) is 1. The van der Waals surface area contributed by atoms with Crippen molar-refractivity contribution in [2.45, 2.75) is 37.8 Å². The van der Waals surface area contributed by atoms with Crippen LogP contribution < -0.4 is 11.1 Å². The smallest absolute Gasteiger partial charge is 0.180 e. The first kappa shape index (κ1) is 16.2. The summed E-state index contributed by atoms with van der Waals surface area (Å²) < 4.78 is 13.1. The molecular formula is C15H19ClFN3S. The molecule has 2 aromatic rings. The summed E-state index contributed by atoms with van der Waals surface area (Å²) in [5.74, 6) is -0.183. The Morgan fingerprint density at radius 3 is 2.48 bits per heavy atom. The molecule has 6 heteroatoms. The first-order chi connectivity index (χ1) is 9.68. The zero-order valence-corrected chi connectivity index (χ0v) is 13.3. The van der Waals surface area contributed by atoms with Crippen molar-refractivity contribution in [2.75, 3.05) is 5.73 Å². The maximum absolute atomic E-state index is 13.1. The number of nitrogens with two attached hydrogens (primary N) is 1. The van der Waals surface area contributed by atoms with Gasteiger partial charge in [0, 0.05) is 23.2 Å². The molecule has 1 aromatic carbocycles. The van der Waals surface area contributed by atoms with E-state index in [1.807, 2.05) is 18.3 Å². The Kier molecular flexibility index (Phi) is 5.19.